The quantitative estimate of drug-likeness (QED) is 0.294. The van der Waals surface area contributed by atoms with Crippen molar-refractivity contribution in [2.24, 2.45) is 0 Å². The van der Waals surface area contributed by atoms with Crippen LogP contribution in [0.5, 0.6) is 11.5 Å². The molecule has 4 atom stereocenters. The summed E-state index contributed by atoms with van der Waals surface area (Å²) in [4.78, 5) is 40.7. The molecule has 3 aromatic carbocycles. The first kappa shape index (κ1) is 30.6. The third kappa shape index (κ3) is 6.26. The van der Waals surface area contributed by atoms with Gasteiger partial charge in [0.1, 0.15) is 18.5 Å². The van der Waals surface area contributed by atoms with Gasteiger partial charge in [-0.2, -0.15) is 0 Å². The minimum absolute atomic E-state index is 0.00831. The van der Waals surface area contributed by atoms with Crippen LogP contribution in [-0.2, 0) is 22.6 Å². The topological polar surface area (TPSA) is 125 Å². The highest BCUT2D eigenvalue weighted by Gasteiger charge is 2.51. The molecule has 3 aromatic rings. The van der Waals surface area contributed by atoms with Gasteiger partial charge in [0.2, 0.25) is 11.8 Å². The van der Waals surface area contributed by atoms with Crippen molar-refractivity contribution in [1.29, 1.82) is 0 Å². The van der Waals surface area contributed by atoms with Crippen LogP contribution in [0, 0.1) is 0 Å². The molecule has 1 aliphatic carbocycles. The molecular formula is C32H30Cl2N2O7. The number of nitrogens with one attached hydrogen (secondary N) is 1. The molecule has 9 nitrogen and oxygen atoms in total. The standard InChI is InChI=1S/C32H30Cl2N2O7/c1-42-26-12-19(17-38)11-22-28-23(32(41)35-9-10-37)15-25(29(40)31(28)43-30(22)26)36(16-20-7-8-21(33)14-24(20)34)27(39)13-18-5-3-2-4-6-18/h2-8,11-12,14-15,17,25,28-29,31,37,40H,9-10,13,16H2,1H3,(H,35,41)/t25-,28+,29+,31+/m1/s1. The average molecular weight is 626 g/mol. The summed E-state index contributed by atoms with van der Waals surface area (Å²) in [5.74, 6) is -1.03. The van der Waals surface area contributed by atoms with Gasteiger partial charge in [-0.3, -0.25) is 14.4 Å². The van der Waals surface area contributed by atoms with E-state index in [1.165, 1.54) is 18.1 Å². The van der Waals surface area contributed by atoms with E-state index in [2.05, 4.69) is 5.32 Å². The van der Waals surface area contributed by atoms with Crippen LogP contribution >= 0.6 is 23.2 Å². The van der Waals surface area contributed by atoms with E-state index in [1.807, 2.05) is 30.3 Å². The summed E-state index contributed by atoms with van der Waals surface area (Å²) in [7, 11) is 1.43. The average Bonchev–Trinajstić information content (AvgIpc) is 3.40. The molecule has 11 heteroatoms. The molecule has 2 aliphatic rings. The predicted octanol–water partition coefficient (Wildman–Crippen LogP) is 3.71. The van der Waals surface area contributed by atoms with Crippen LogP contribution in [0.3, 0.4) is 0 Å². The van der Waals surface area contributed by atoms with Crippen molar-refractivity contribution in [3.8, 4) is 11.5 Å². The molecule has 5 rings (SSSR count). The second kappa shape index (κ2) is 13.2. The second-order valence-electron chi connectivity index (χ2n) is 10.3. The SMILES string of the molecule is COc1cc(C=O)cc2c1O[C@@H]1[C@@H](O)[C@H](N(Cc3ccc(Cl)cc3Cl)C(=O)Cc3ccccc3)C=C(C(=O)NCCO)[C@H]21. The summed E-state index contributed by atoms with van der Waals surface area (Å²) in [6.07, 6.45) is -0.0388. The van der Waals surface area contributed by atoms with Crippen molar-refractivity contribution < 1.29 is 34.1 Å². The fourth-order valence-corrected chi connectivity index (χ4v) is 6.09. The number of aldehydes is 1. The maximum atomic E-state index is 14.0. The fourth-order valence-electron chi connectivity index (χ4n) is 5.62. The monoisotopic (exact) mass is 624 g/mol. The van der Waals surface area contributed by atoms with Crippen molar-refractivity contribution in [2.75, 3.05) is 20.3 Å². The number of methoxy groups -OCH3 is 1. The molecule has 43 heavy (non-hydrogen) atoms. The van der Waals surface area contributed by atoms with Crippen molar-refractivity contribution in [3.63, 3.8) is 0 Å². The molecule has 0 fully saturated rings. The Hall–Kier alpha value is -3.89. The number of carbonyl (C=O) groups excluding carboxylic acids is 3. The Morgan fingerprint density at radius 3 is 2.56 bits per heavy atom. The van der Waals surface area contributed by atoms with Gasteiger partial charge in [-0.15, -0.1) is 0 Å². The lowest BCUT2D eigenvalue weighted by molar-refractivity contribution is -0.137. The molecular weight excluding hydrogens is 595 g/mol. The minimum Gasteiger partial charge on any atom is -0.493 e. The van der Waals surface area contributed by atoms with Gasteiger partial charge in [-0.1, -0.05) is 59.6 Å². The van der Waals surface area contributed by atoms with E-state index in [0.717, 1.165) is 5.56 Å². The highest BCUT2D eigenvalue weighted by Crippen LogP contribution is 2.51. The molecule has 0 radical (unpaired) electrons. The summed E-state index contributed by atoms with van der Waals surface area (Å²) >= 11 is 12.6. The highest BCUT2D eigenvalue weighted by atomic mass is 35.5. The zero-order valence-corrected chi connectivity index (χ0v) is 24.7. The normalized spacial score (nSPS) is 20.3. The largest absolute Gasteiger partial charge is 0.493 e. The second-order valence-corrected chi connectivity index (χ2v) is 11.2. The zero-order valence-electron chi connectivity index (χ0n) is 23.2. The number of aliphatic hydroxyl groups is 2. The Morgan fingerprint density at radius 1 is 1.12 bits per heavy atom. The Kier molecular flexibility index (Phi) is 9.37. The van der Waals surface area contributed by atoms with E-state index < -0.39 is 30.1 Å². The lowest BCUT2D eigenvalue weighted by Crippen LogP contribution is -2.55. The van der Waals surface area contributed by atoms with Gasteiger partial charge >= 0.3 is 0 Å². The van der Waals surface area contributed by atoms with Crippen molar-refractivity contribution >= 4 is 41.3 Å². The van der Waals surface area contributed by atoms with E-state index in [9.17, 15) is 24.6 Å². The number of carbonyl (C=O) groups is 3. The predicted molar refractivity (Wildman–Crippen MR) is 161 cm³/mol. The van der Waals surface area contributed by atoms with Gasteiger partial charge < -0.3 is 29.9 Å². The summed E-state index contributed by atoms with van der Waals surface area (Å²) in [6.45, 7) is -0.288. The number of halogens is 2. The maximum Gasteiger partial charge on any atom is 0.247 e. The van der Waals surface area contributed by atoms with Crippen LogP contribution in [0.25, 0.3) is 0 Å². The van der Waals surface area contributed by atoms with E-state index >= 15 is 0 Å². The van der Waals surface area contributed by atoms with Gasteiger partial charge in [-0.05, 0) is 41.5 Å². The number of benzene rings is 3. The van der Waals surface area contributed by atoms with Crippen LogP contribution in [-0.4, -0.2) is 71.7 Å². The molecule has 224 valence electrons. The van der Waals surface area contributed by atoms with E-state index in [-0.39, 0.29) is 43.3 Å². The number of fused-ring (bicyclic) bond motifs is 3. The lowest BCUT2D eigenvalue weighted by atomic mass is 9.77. The van der Waals surface area contributed by atoms with Gasteiger partial charge in [0.25, 0.3) is 0 Å². The molecule has 2 amide bonds. The first-order chi connectivity index (χ1) is 20.7. The number of aliphatic hydroxyl groups excluding tert-OH is 2. The van der Waals surface area contributed by atoms with E-state index in [4.69, 9.17) is 32.7 Å². The van der Waals surface area contributed by atoms with Crippen LogP contribution in [0.2, 0.25) is 10.0 Å². The molecule has 0 spiro atoms. The number of hydrogen-bond acceptors (Lipinski definition) is 7. The number of ether oxygens (including phenoxy) is 2. The summed E-state index contributed by atoms with van der Waals surface area (Å²) in [6, 6.07) is 16.2. The molecule has 1 aliphatic heterocycles. The Bertz CT molecular complexity index is 1560. The first-order valence-electron chi connectivity index (χ1n) is 13.7. The number of hydrogen-bond donors (Lipinski definition) is 3. The van der Waals surface area contributed by atoms with Gasteiger partial charge in [0.15, 0.2) is 11.5 Å². The van der Waals surface area contributed by atoms with E-state index in [0.29, 0.717) is 38.8 Å². The molecule has 0 unspecified atom stereocenters. The Morgan fingerprint density at radius 2 is 1.88 bits per heavy atom. The molecule has 0 saturated carbocycles. The van der Waals surface area contributed by atoms with Crippen LogP contribution in [0.1, 0.15) is 33.0 Å². The summed E-state index contributed by atoms with van der Waals surface area (Å²) in [5, 5.41) is 24.7. The minimum atomic E-state index is -1.29. The third-order valence-corrected chi connectivity index (χ3v) is 8.23. The van der Waals surface area contributed by atoms with Crippen molar-refractivity contribution in [3.05, 3.63) is 105 Å². The number of nitrogens with zero attached hydrogens (tertiary/aromatic N) is 1. The number of rotatable bonds is 10. The Balaban J connectivity index is 1.61. The molecule has 1 heterocycles. The first-order valence-corrected chi connectivity index (χ1v) is 14.4. The molecule has 0 aromatic heterocycles. The smallest absolute Gasteiger partial charge is 0.247 e. The van der Waals surface area contributed by atoms with Crippen LogP contribution in [0.4, 0.5) is 0 Å². The van der Waals surface area contributed by atoms with Gasteiger partial charge in [0.05, 0.1) is 32.1 Å². The highest BCUT2D eigenvalue weighted by molar-refractivity contribution is 6.35. The lowest BCUT2D eigenvalue weighted by Gasteiger charge is -2.41. The molecule has 0 bridgehead atoms. The fraction of sp³-hybridized carbons (Fsp3) is 0.281. The van der Waals surface area contributed by atoms with Crippen molar-refractivity contribution in [2.45, 2.75) is 37.1 Å². The summed E-state index contributed by atoms with van der Waals surface area (Å²) in [5.41, 5.74) is 2.39. The van der Waals surface area contributed by atoms with Crippen molar-refractivity contribution in [1.82, 2.24) is 10.2 Å². The zero-order chi connectivity index (χ0) is 30.7. The maximum absolute atomic E-state index is 14.0. The van der Waals surface area contributed by atoms with E-state index in [1.54, 1.807) is 30.3 Å². The van der Waals surface area contributed by atoms with Gasteiger partial charge in [0, 0.05) is 39.8 Å². The molecule has 0 saturated heterocycles. The number of amides is 2. The van der Waals surface area contributed by atoms with Gasteiger partial charge in [-0.25, -0.2) is 0 Å². The Labute approximate surface area is 258 Å². The van der Waals surface area contributed by atoms with Crippen LogP contribution in [0.15, 0.2) is 72.3 Å². The van der Waals surface area contributed by atoms with Crippen LogP contribution < -0.4 is 14.8 Å². The summed E-state index contributed by atoms with van der Waals surface area (Å²) < 4.78 is 11.7. The molecule has 3 N–H and O–H groups in total. The third-order valence-electron chi connectivity index (χ3n) is 7.65.